The lowest BCUT2D eigenvalue weighted by molar-refractivity contribution is 0.233. The van der Waals surface area contributed by atoms with Gasteiger partial charge in [0.25, 0.3) is 0 Å². The molecule has 2 rings (SSSR count). The molecule has 2 N–H and O–H groups in total. The normalized spacial score (nSPS) is 12.7. The maximum atomic E-state index is 5.75. The molecule has 0 aliphatic rings. The van der Waals surface area contributed by atoms with Crippen LogP contribution in [-0.2, 0) is 0 Å². The van der Waals surface area contributed by atoms with Crippen LogP contribution in [-0.4, -0.2) is 12.6 Å². The van der Waals surface area contributed by atoms with Crippen LogP contribution in [0.15, 0.2) is 42.5 Å². The second-order valence-electron chi connectivity index (χ2n) is 3.64. The minimum Gasteiger partial charge on any atom is -0.489 e. The molecule has 0 amide bonds. The van der Waals surface area contributed by atoms with Crippen LogP contribution in [0.2, 0.25) is 0 Å². The predicted octanol–water partition coefficient (Wildman–Crippen LogP) is 2.57. The smallest absolute Gasteiger partial charge is 0.127 e. The van der Waals surface area contributed by atoms with E-state index in [4.69, 9.17) is 10.5 Å². The van der Waals surface area contributed by atoms with Crippen LogP contribution in [0.3, 0.4) is 0 Å². The van der Waals surface area contributed by atoms with E-state index < -0.39 is 0 Å². The molecule has 0 radical (unpaired) electrons. The summed E-state index contributed by atoms with van der Waals surface area (Å²) in [5, 5.41) is 2.33. The fraction of sp³-hybridized carbons (Fsp3) is 0.231. The van der Waals surface area contributed by atoms with Crippen molar-refractivity contribution >= 4 is 10.8 Å². The second-order valence-corrected chi connectivity index (χ2v) is 3.64. The van der Waals surface area contributed by atoms with Gasteiger partial charge in [-0.1, -0.05) is 36.4 Å². The van der Waals surface area contributed by atoms with Crippen molar-refractivity contribution in [3.8, 4) is 5.75 Å². The number of nitrogens with two attached hydrogens (primary N) is 1. The molecule has 2 aromatic carbocycles. The number of benzene rings is 2. The quantitative estimate of drug-likeness (QED) is 0.828. The summed E-state index contributed by atoms with van der Waals surface area (Å²) in [5.41, 5.74) is 5.54. The Balaban J connectivity index is 2.42. The second kappa shape index (κ2) is 4.32. The first kappa shape index (κ1) is 9.99. The number of hydrogen-bond acceptors (Lipinski definition) is 2. The Hall–Kier alpha value is -1.54. The molecule has 0 fully saturated rings. The molecular weight excluding hydrogens is 186 g/mol. The molecule has 0 aliphatic heterocycles. The summed E-state index contributed by atoms with van der Waals surface area (Å²) in [5.74, 6) is 0.908. The van der Waals surface area contributed by atoms with Gasteiger partial charge in [0.15, 0.2) is 0 Å². The van der Waals surface area contributed by atoms with Crippen LogP contribution in [0.1, 0.15) is 6.92 Å². The summed E-state index contributed by atoms with van der Waals surface area (Å²) in [6.45, 7) is 2.50. The van der Waals surface area contributed by atoms with E-state index in [9.17, 15) is 0 Å². The maximum absolute atomic E-state index is 5.75. The molecule has 2 heteroatoms. The van der Waals surface area contributed by atoms with Gasteiger partial charge in [-0.25, -0.2) is 0 Å². The van der Waals surface area contributed by atoms with Crippen LogP contribution in [0.25, 0.3) is 10.8 Å². The molecule has 78 valence electrons. The van der Waals surface area contributed by atoms with E-state index in [1.807, 2.05) is 31.2 Å². The average Bonchev–Trinajstić information content (AvgIpc) is 2.29. The third-order valence-corrected chi connectivity index (χ3v) is 2.41. The Bertz CT molecular complexity index is 448. The molecule has 15 heavy (non-hydrogen) atoms. The van der Waals surface area contributed by atoms with Crippen molar-refractivity contribution in [2.75, 3.05) is 6.54 Å². The topological polar surface area (TPSA) is 35.2 Å². The molecule has 0 aromatic heterocycles. The lowest BCUT2D eigenvalue weighted by Gasteiger charge is -2.14. The van der Waals surface area contributed by atoms with E-state index in [1.165, 1.54) is 5.39 Å². The highest BCUT2D eigenvalue weighted by molar-refractivity contribution is 5.88. The molecule has 1 unspecified atom stereocenters. The maximum Gasteiger partial charge on any atom is 0.127 e. The molecule has 0 saturated heterocycles. The van der Waals surface area contributed by atoms with Gasteiger partial charge in [-0.3, -0.25) is 0 Å². The first-order valence-electron chi connectivity index (χ1n) is 5.16. The van der Waals surface area contributed by atoms with Crippen molar-refractivity contribution in [2.45, 2.75) is 13.0 Å². The molecular formula is C13H15NO. The zero-order valence-electron chi connectivity index (χ0n) is 8.81. The average molecular weight is 201 g/mol. The summed E-state index contributed by atoms with van der Waals surface area (Å²) in [7, 11) is 0. The number of ether oxygens (including phenoxy) is 1. The van der Waals surface area contributed by atoms with Crippen molar-refractivity contribution < 1.29 is 4.74 Å². The summed E-state index contributed by atoms with van der Waals surface area (Å²) in [6, 6.07) is 14.2. The van der Waals surface area contributed by atoms with E-state index in [1.54, 1.807) is 0 Å². The lowest BCUT2D eigenvalue weighted by atomic mass is 10.1. The number of rotatable bonds is 3. The Morgan fingerprint density at radius 3 is 2.67 bits per heavy atom. The highest BCUT2D eigenvalue weighted by atomic mass is 16.5. The highest BCUT2D eigenvalue weighted by Gasteiger charge is 2.04. The third-order valence-electron chi connectivity index (χ3n) is 2.41. The lowest BCUT2D eigenvalue weighted by Crippen LogP contribution is -2.22. The predicted molar refractivity (Wildman–Crippen MR) is 63.1 cm³/mol. The van der Waals surface area contributed by atoms with E-state index >= 15 is 0 Å². The molecule has 2 aromatic rings. The van der Waals surface area contributed by atoms with E-state index in [2.05, 4.69) is 18.2 Å². The van der Waals surface area contributed by atoms with Crippen molar-refractivity contribution in [3.63, 3.8) is 0 Å². The van der Waals surface area contributed by atoms with Gasteiger partial charge in [-0.05, 0) is 18.4 Å². The SMILES string of the molecule is CC(CN)Oc1cccc2ccccc12. The van der Waals surface area contributed by atoms with E-state index in [0.717, 1.165) is 11.1 Å². The summed E-state index contributed by atoms with van der Waals surface area (Å²) < 4.78 is 5.75. The van der Waals surface area contributed by atoms with Gasteiger partial charge in [0.05, 0.1) is 0 Å². The Kier molecular flexibility index (Phi) is 2.88. The zero-order chi connectivity index (χ0) is 10.7. The van der Waals surface area contributed by atoms with Gasteiger partial charge in [-0.2, -0.15) is 0 Å². The summed E-state index contributed by atoms with van der Waals surface area (Å²) >= 11 is 0. The van der Waals surface area contributed by atoms with Crippen molar-refractivity contribution in [3.05, 3.63) is 42.5 Å². The highest BCUT2D eigenvalue weighted by Crippen LogP contribution is 2.25. The van der Waals surface area contributed by atoms with Gasteiger partial charge in [0.1, 0.15) is 11.9 Å². The molecule has 0 aliphatic carbocycles. The van der Waals surface area contributed by atoms with Crippen LogP contribution in [0.4, 0.5) is 0 Å². The first-order chi connectivity index (χ1) is 7.31. The number of hydrogen-bond donors (Lipinski definition) is 1. The van der Waals surface area contributed by atoms with Crippen molar-refractivity contribution in [1.82, 2.24) is 0 Å². The van der Waals surface area contributed by atoms with E-state index in [0.29, 0.717) is 6.54 Å². The fourth-order valence-corrected chi connectivity index (χ4v) is 1.56. The Morgan fingerprint density at radius 1 is 1.13 bits per heavy atom. The fourth-order valence-electron chi connectivity index (χ4n) is 1.56. The molecule has 0 bridgehead atoms. The van der Waals surface area contributed by atoms with Gasteiger partial charge in [0.2, 0.25) is 0 Å². The van der Waals surface area contributed by atoms with Gasteiger partial charge in [-0.15, -0.1) is 0 Å². The van der Waals surface area contributed by atoms with Crippen molar-refractivity contribution in [1.29, 1.82) is 0 Å². The molecule has 0 spiro atoms. The van der Waals surface area contributed by atoms with Crippen LogP contribution in [0.5, 0.6) is 5.75 Å². The minimum atomic E-state index is 0.0517. The molecule has 0 heterocycles. The Labute approximate surface area is 89.7 Å². The third kappa shape index (κ3) is 2.10. The molecule has 1 atom stereocenters. The largest absolute Gasteiger partial charge is 0.489 e. The molecule has 2 nitrogen and oxygen atoms in total. The summed E-state index contributed by atoms with van der Waals surface area (Å²) in [4.78, 5) is 0. The van der Waals surface area contributed by atoms with Crippen LogP contribution in [0, 0.1) is 0 Å². The zero-order valence-corrected chi connectivity index (χ0v) is 8.81. The van der Waals surface area contributed by atoms with Gasteiger partial charge < -0.3 is 10.5 Å². The van der Waals surface area contributed by atoms with E-state index in [-0.39, 0.29) is 6.10 Å². The minimum absolute atomic E-state index is 0.0517. The standard InChI is InChI=1S/C13H15NO/c1-10(9-14)15-13-8-4-6-11-5-2-3-7-12(11)13/h2-8,10H,9,14H2,1H3. The monoisotopic (exact) mass is 201 g/mol. The van der Waals surface area contributed by atoms with Crippen LogP contribution >= 0.6 is 0 Å². The summed E-state index contributed by atoms with van der Waals surface area (Å²) in [6.07, 6.45) is 0.0517. The molecule has 0 saturated carbocycles. The van der Waals surface area contributed by atoms with Crippen LogP contribution < -0.4 is 10.5 Å². The van der Waals surface area contributed by atoms with Gasteiger partial charge in [0, 0.05) is 11.9 Å². The Morgan fingerprint density at radius 2 is 1.87 bits per heavy atom. The first-order valence-corrected chi connectivity index (χ1v) is 5.16. The van der Waals surface area contributed by atoms with Gasteiger partial charge >= 0.3 is 0 Å². The van der Waals surface area contributed by atoms with Crippen molar-refractivity contribution in [2.24, 2.45) is 5.73 Å². The number of fused-ring (bicyclic) bond motifs is 1.